The standard InChI is InChI=1S/C19H13FN8O2/c20-13-5-4-11(7-14(13)26-19(29)30)24-17-8-15(25-16-3-1-2-6-22-16)18-23-10-12(9-21)28(18)27-17/h1-8,10,26H,(H,22,25)(H,24,27)(H,29,30). The largest absolute Gasteiger partial charge is 0.465 e. The Balaban J connectivity index is 1.74. The minimum absolute atomic E-state index is 0.208. The molecule has 11 heteroatoms. The first-order valence-electron chi connectivity index (χ1n) is 8.57. The summed E-state index contributed by atoms with van der Waals surface area (Å²) in [4.78, 5) is 19.3. The van der Waals surface area contributed by atoms with Crippen LogP contribution in [0.4, 0.5) is 37.9 Å². The van der Waals surface area contributed by atoms with E-state index in [-0.39, 0.29) is 11.4 Å². The van der Waals surface area contributed by atoms with Crippen molar-refractivity contribution in [3.63, 3.8) is 0 Å². The van der Waals surface area contributed by atoms with Crippen molar-refractivity contribution in [2.45, 2.75) is 0 Å². The van der Waals surface area contributed by atoms with E-state index in [0.717, 1.165) is 6.07 Å². The third-order valence-electron chi connectivity index (χ3n) is 3.99. The summed E-state index contributed by atoms with van der Waals surface area (Å²) < 4.78 is 15.2. The van der Waals surface area contributed by atoms with E-state index in [2.05, 4.69) is 25.7 Å². The van der Waals surface area contributed by atoms with Gasteiger partial charge in [-0.2, -0.15) is 9.78 Å². The first kappa shape index (κ1) is 18.6. The van der Waals surface area contributed by atoms with Gasteiger partial charge in [0, 0.05) is 18.0 Å². The summed E-state index contributed by atoms with van der Waals surface area (Å²) in [7, 11) is 0. The average Bonchev–Trinajstić information content (AvgIpc) is 3.14. The zero-order valence-electron chi connectivity index (χ0n) is 15.2. The number of anilines is 5. The number of aromatic nitrogens is 4. The van der Waals surface area contributed by atoms with Crippen molar-refractivity contribution in [3.05, 3.63) is 66.4 Å². The number of hydrogen-bond donors (Lipinski definition) is 4. The van der Waals surface area contributed by atoms with E-state index in [1.807, 2.05) is 17.5 Å². The first-order chi connectivity index (χ1) is 14.5. The van der Waals surface area contributed by atoms with Crippen LogP contribution in [-0.4, -0.2) is 30.8 Å². The van der Waals surface area contributed by atoms with Crippen LogP contribution in [0.5, 0.6) is 0 Å². The van der Waals surface area contributed by atoms with Gasteiger partial charge in [0.15, 0.2) is 17.2 Å². The fraction of sp³-hybridized carbons (Fsp3) is 0. The van der Waals surface area contributed by atoms with Gasteiger partial charge in [-0.1, -0.05) is 6.07 Å². The molecule has 0 radical (unpaired) electrons. The van der Waals surface area contributed by atoms with Crippen LogP contribution in [0.1, 0.15) is 5.69 Å². The predicted molar refractivity (Wildman–Crippen MR) is 107 cm³/mol. The number of fused-ring (bicyclic) bond motifs is 1. The third-order valence-corrected chi connectivity index (χ3v) is 3.99. The van der Waals surface area contributed by atoms with Crippen molar-refractivity contribution >= 4 is 40.4 Å². The molecule has 4 rings (SSSR count). The molecule has 1 amide bonds. The smallest absolute Gasteiger partial charge is 0.409 e. The Hall–Kier alpha value is -4.72. The quantitative estimate of drug-likeness (QED) is 0.395. The highest BCUT2D eigenvalue weighted by Gasteiger charge is 2.13. The lowest BCUT2D eigenvalue weighted by Crippen LogP contribution is -2.09. The topological polar surface area (TPSA) is 140 Å². The van der Waals surface area contributed by atoms with Gasteiger partial charge in [0.05, 0.1) is 17.6 Å². The molecule has 0 aliphatic carbocycles. The summed E-state index contributed by atoms with van der Waals surface area (Å²) >= 11 is 0. The second-order valence-electron chi connectivity index (χ2n) is 6.02. The molecule has 0 fully saturated rings. The molecule has 0 spiro atoms. The van der Waals surface area contributed by atoms with Crippen LogP contribution in [0.25, 0.3) is 5.65 Å². The number of carboxylic acid groups (broad SMARTS) is 1. The molecule has 0 unspecified atom stereocenters. The lowest BCUT2D eigenvalue weighted by molar-refractivity contribution is 0.209. The van der Waals surface area contributed by atoms with Crippen LogP contribution in [0.2, 0.25) is 0 Å². The molecule has 0 atom stereocenters. The minimum Gasteiger partial charge on any atom is -0.465 e. The van der Waals surface area contributed by atoms with Crippen LogP contribution in [0.15, 0.2) is 54.9 Å². The van der Waals surface area contributed by atoms with Gasteiger partial charge >= 0.3 is 6.09 Å². The lowest BCUT2D eigenvalue weighted by atomic mass is 10.2. The molecule has 4 N–H and O–H groups in total. The molecular formula is C19H13FN8O2. The molecule has 0 aliphatic rings. The Morgan fingerprint density at radius 1 is 1.10 bits per heavy atom. The van der Waals surface area contributed by atoms with Gasteiger partial charge < -0.3 is 15.7 Å². The number of nitrogens with one attached hydrogen (secondary N) is 3. The van der Waals surface area contributed by atoms with Crippen molar-refractivity contribution in [2.24, 2.45) is 0 Å². The van der Waals surface area contributed by atoms with E-state index in [1.165, 1.54) is 22.8 Å². The normalized spacial score (nSPS) is 10.4. The lowest BCUT2D eigenvalue weighted by Gasteiger charge is -2.12. The van der Waals surface area contributed by atoms with Crippen LogP contribution in [0.3, 0.4) is 0 Å². The van der Waals surface area contributed by atoms with E-state index in [1.54, 1.807) is 24.4 Å². The maximum Gasteiger partial charge on any atom is 0.409 e. The number of imidazole rings is 1. The number of nitrogens with zero attached hydrogens (tertiary/aromatic N) is 5. The van der Waals surface area contributed by atoms with Crippen LogP contribution < -0.4 is 16.0 Å². The van der Waals surface area contributed by atoms with Crippen LogP contribution in [-0.2, 0) is 0 Å². The number of rotatable bonds is 5. The molecule has 4 aromatic rings. The Morgan fingerprint density at radius 3 is 2.70 bits per heavy atom. The summed E-state index contributed by atoms with van der Waals surface area (Å²) in [6.07, 6.45) is 1.63. The fourth-order valence-electron chi connectivity index (χ4n) is 2.73. The van der Waals surface area contributed by atoms with E-state index >= 15 is 0 Å². The molecular weight excluding hydrogens is 391 g/mol. The summed E-state index contributed by atoms with van der Waals surface area (Å²) in [5.41, 5.74) is 1.33. The van der Waals surface area contributed by atoms with Crippen LogP contribution in [0, 0.1) is 17.1 Å². The summed E-state index contributed by atoms with van der Waals surface area (Å²) in [5.74, 6) is 0.154. The molecule has 30 heavy (non-hydrogen) atoms. The molecule has 0 saturated heterocycles. The van der Waals surface area contributed by atoms with Crippen LogP contribution >= 0.6 is 0 Å². The number of benzene rings is 1. The number of nitriles is 1. The average molecular weight is 404 g/mol. The summed E-state index contributed by atoms with van der Waals surface area (Å²) in [6.45, 7) is 0. The molecule has 10 nitrogen and oxygen atoms in total. The van der Waals surface area contributed by atoms with Gasteiger partial charge in [-0.05, 0) is 30.3 Å². The maximum atomic E-state index is 13.8. The predicted octanol–water partition coefficient (Wildman–Crippen LogP) is 3.71. The molecule has 0 saturated carbocycles. The molecule has 3 heterocycles. The van der Waals surface area contributed by atoms with E-state index in [0.29, 0.717) is 28.7 Å². The van der Waals surface area contributed by atoms with Gasteiger partial charge in [0.1, 0.15) is 17.7 Å². The fourth-order valence-corrected chi connectivity index (χ4v) is 2.73. The van der Waals surface area contributed by atoms with Crippen molar-refractivity contribution in [2.75, 3.05) is 16.0 Å². The monoisotopic (exact) mass is 404 g/mol. The number of pyridine rings is 1. The van der Waals surface area contributed by atoms with Gasteiger partial charge in [-0.3, -0.25) is 5.32 Å². The van der Waals surface area contributed by atoms with E-state index < -0.39 is 11.9 Å². The van der Waals surface area contributed by atoms with Crippen molar-refractivity contribution in [1.29, 1.82) is 5.26 Å². The van der Waals surface area contributed by atoms with Gasteiger partial charge in [0.2, 0.25) is 0 Å². The maximum absolute atomic E-state index is 13.8. The molecule has 148 valence electrons. The number of hydrogen-bond acceptors (Lipinski definition) is 7. The zero-order chi connectivity index (χ0) is 21.1. The SMILES string of the molecule is N#Cc1cnc2c(Nc3ccccn3)cc(Nc3ccc(F)c(NC(=O)O)c3)nn12. The molecule has 0 aliphatic heterocycles. The second kappa shape index (κ2) is 7.72. The van der Waals surface area contributed by atoms with Crippen molar-refractivity contribution in [1.82, 2.24) is 19.6 Å². The first-order valence-corrected chi connectivity index (χ1v) is 8.57. The highest BCUT2D eigenvalue weighted by molar-refractivity contribution is 5.84. The molecule has 1 aromatic carbocycles. The Morgan fingerprint density at radius 2 is 1.97 bits per heavy atom. The van der Waals surface area contributed by atoms with Gasteiger partial charge in [-0.15, -0.1) is 5.10 Å². The van der Waals surface area contributed by atoms with Crippen molar-refractivity contribution in [3.8, 4) is 6.07 Å². The summed E-state index contributed by atoms with van der Waals surface area (Å²) in [5, 5.41) is 30.6. The third kappa shape index (κ3) is 3.78. The highest BCUT2D eigenvalue weighted by Crippen LogP contribution is 2.27. The zero-order valence-corrected chi connectivity index (χ0v) is 15.2. The van der Waals surface area contributed by atoms with Gasteiger partial charge in [0.25, 0.3) is 0 Å². The summed E-state index contributed by atoms with van der Waals surface area (Å²) in [6, 6.07) is 12.9. The minimum atomic E-state index is -1.38. The highest BCUT2D eigenvalue weighted by atomic mass is 19.1. The van der Waals surface area contributed by atoms with E-state index in [4.69, 9.17) is 5.11 Å². The number of amides is 1. The number of carbonyl (C=O) groups is 1. The molecule has 3 aromatic heterocycles. The molecule has 0 bridgehead atoms. The second-order valence-corrected chi connectivity index (χ2v) is 6.02. The Labute approximate surface area is 168 Å². The van der Waals surface area contributed by atoms with Crippen molar-refractivity contribution < 1.29 is 14.3 Å². The van der Waals surface area contributed by atoms with Gasteiger partial charge in [-0.25, -0.2) is 19.2 Å². The Bertz CT molecular complexity index is 1280. The Kier molecular flexibility index (Phi) is 4.80. The number of halogens is 1. The van der Waals surface area contributed by atoms with E-state index in [9.17, 15) is 14.4 Å².